The molecule has 0 bridgehead atoms. The van der Waals surface area contributed by atoms with Gasteiger partial charge in [0.2, 0.25) is 0 Å². The first-order chi connectivity index (χ1) is 15.2. The summed E-state index contributed by atoms with van der Waals surface area (Å²) in [5.74, 6) is 1.77. The summed E-state index contributed by atoms with van der Waals surface area (Å²) in [4.78, 5) is 34.3. The van der Waals surface area contributed by atoms with E-state index in [1.165, 1.54) is 0 Å². The average Bonchev–Trinajstić information content (AvgIpc) is 2.84. The number of carbonyl (C=O) groups excluding carboxylic acids is 1. The van der Waals surface area contributed by atoms with E-state index in [1.54, 1.807) is 30.7 Å². The molecule has 0 spiro atoms. The largest absolute Gasteiger partial charge is 0.365 e. The van der Waals surface area contributed by atoms with Gasteiger partial charge >= 0.3 is 0 Å². The molecule has 1 saturated heterocycles. The SMILES string of the molecule is NC(=O)c1cccnc1N1CCN(c2nc(-c3ccncc3)nc3ccccc23)CC1. The van der Waals surface area contributed by atoms with Crippen LogP contribution >= 0.6 is 0 Å². The smallest absolute Gasteiger partial charge is 0.252 e. The number of hydrogen-bond acceptors (Lipinski definition) is 7. The molecule has 8 heteroatoms. The fraction of sp³-hybridized carbons (Fsp3) is 0.174. The Morgan fingerprint density at radius 1 is 0.806 bits per heavy atom. The predicted octanol–water partition coefficient (Wildman–Crippen LogP) is 2.51. The van der Waals surface area contributed by atoms with Crippen LogP contribution in [0.3, 0.4) is 0 Å². The van der Waals surface area contributed by atoms with Crippen LogP contribution in [0.5, 0.6) is 0 Å². The van der Waals surface area contributed by atoms with E-state index in [0.29, 0.717) is 30.3 Å². The van der Waals surface area contributed by atoms with Gasteiger partial charge in [-0.05, 0) is 36.4 Å². The molecule has 1 fully saturated rings. The van der Waals surface area contributed by atoms with Crippen LogP contribution in [-0.2, 0) is 0 Å². The summed E-state index contributed by atoms with van der Waals surface area (Å²) in [6.45, 7) is 2.90. The number of amides is 1. The number of piperazine rings is 1. The first-order valence-electron chi connectivity index (χ1n) is 10.1. The Labute approximate surface area is 179 Å². The van der Waals surface area contributed by atoms with Gasteiger partial charge in [0.15, 0.2) is 5.82 Å². The lowest BCUT2D eigenvalue weighted by Gasteiger charge is -2.37. The van der Waals surface area contributed by atoms with Crippen LogP contribution in [-0.4, -0.2) is 52.0 Å². The van der Waals surface area contributed by atoms with Crippen molar-refractivity contribution >= 4 is 28.4 Å². The van der Waals surface area contributed by atoms with Crippen molar-refractivity contribution in [2.45, 2.75) is 0 Å². The first-order valence-corrected chi connectivity index (χ1v) is 10.1. The highest BCUT2D eigenvalue weighted by molar-refractivity contribution is 5.97. The van der Waals surface area contributed by atoms with Crippen molar-refractivity contribution in [3.63, 3.8) is 0 Å². The number of hydrogen-bond donors (Lipinski definition) is 1. The van der Waals surface area contributed by atoms with E-state index in [4.69, 9.17) is 15.7 Å². The molecule has 4 heterocycles. The van der Waals surface area contributed by atoms with Gasteiger partial charge in [-0.15, -0.1) is 0 Å². The Bertz CT molecular complexity index is 1240. The van der Waals surface area contributed by atoms with Gasteiger partial charge in [-0.3, -0.25) is 9.78 Å². The Balaban J connectivity index is 1.47. The van der Waals surface area contributed by atoms with Crippen molar-refractivity contribution in [2.24, 2.45) is 5.73 Å². The molecule has 0 aliphatic carbocycles. The Morgan fingerprint density at radius 3 is 2.26 bits per heavy atom. The van der Waals surface area contributed by atoms with Crippen molar-refractivity contribution in [1.82, 2.24) is 19.9 Å². The Morgan fingerprint density at radius 2 is 1.52 bits per heavy atom. The molecule has 31 heavy (non-hydrogen) atoms. The molecule has 154 valence electrons. The maximum Gasteiger partial charge on any atom is 0.252 e. The van der Waals surface area contributed by atoms with E-state index < -0.39 is 5.91 Å². The maximum atomic E-state index is 11.8. The van der Waals surface area contributed by atoms with Gasteiger partial charge in [0.05, 0.1) is 11.1 Å². The maximum absolute atomic E-state index is 11.8. The van der Waals surface area contributed by atoms with Crippen molar-refractivity contribution < 1.29 is 4.79 Å². The molecule has 0 unspecified atom stereocenters. The topological polar surface area (TPSA) is 101 Å². The second kappa shape index (κ2) is 7.98. The van der Waals surface area contributed by atoms with Gasteiger partial charge in [0.25, 0.3) is 5.91 Å². The highest BCUT2D eigenvalue weighted by Gasteiger charge is 2.24. The third kappa shape index (κ3) is 3.63. The van der Waals surface area contributed by atoms with Crippen LogP contribution < -0.4 is 15.5 Å². The lowest BCUT2D eigenvalue weighted by molar-refractivity contribution is 0.100. The van der Waals surface area contributed by atoms with E-state index in [-0.39, 0.29) is 0 Å². The number of aromatic nitrogens is 4. The minimum absolute atomic E-state index is 0.448. The number of carbonyl (C=O) groups is 1. The number of pyridine rings is 2. The normalized spacial score (nSPS) is 14.1. The third-order valence-corrected chi connectivity index (χ3v) is 5.45. The predicted molar refractivity (Wildman–Crippen MR) is 120 cm³/mol. The summed E-state index contributed by atoms with van der Waals surface area (Å²) < 4.78 is 0. The molecule has 4 aromatic rings. The van der Waals surface area contributed by atoms with Gasteiger partial charge in [-0.2, -0.15) is 0 Å². The molecule has 1 aliphatic rings. The summed E-state index contributed by atoms with van der Waals surface area (Å²) >= 11 is 0. The molecule has 5 rings (SSSR count). The summed E-state index contributed by atoms with van der Waals surface area (Å²) in [6.07, 6.45) is 5.18. The van der Waals surface area contributed by atoms with Crippen molar-refractivity contribution in [2.75, 3.05) is 36.0 Å². The van der Waals surface area contributed by atoms with E-state index in [2.05, 4.69) is 25.8 Å². The lowest BCUT2D eigenvalue weighted by Crippen LogP contribution is -2.47. The quantitative estimate of drug-likeness (QED) is 0.551. The Hall–Kier alpha value is -4.07. The van der Waals surface area contributed by atoms with Crippen LogP contribution in [0.15, 0.2) is 67.1 Å². The monoisotopic (exact) mass is 411 g/mol. The van der Waals surface area contributed by atoms with Crippen LogP contribution in [0.2, 0.25) is 0 Å². The minimum Gasteiger partial charge on any atom is -0.365 e. The van der Waals surface area contributed by atoms with E-state index in [1.807, 2.05) is 30.3 Å². The molecule has 0 saturated carbocycles. The van der Waals surface area contributed by atoms with Crippen molar-refractivity contribution in [1.29, 1.82) is 0 Å². The van der Waals surface area contributed by atoms with Crippen molar-refractivity contribution in [3.05, 3.63) is 72.7 Å². The van der Waals surface area contributed by atoms with Gasteiger partial charge in [-0.25, -0.2) is 15.0 Å². The second-order valence-electron chi connectivity index (χ2n) is 7.34. The van der Waals surface area contributed by atoms with Gasteiger partial charge in [-0.1, -0.05) is 12.1 Å². The fourth-order valence-corrected chi connectivity index (χ4v) is 3.90. The highest BCUT2D eigenvalue weighted by Crippen LogP contribution is 2.29. The van der Waals surface area contributed by atoms with Gasteiger partial charge in [0, 0.05) is 55.7 Å². The molecule has 1 amide bonds. The molecule has 0 radical (unpaired) electrons. The Kier molecular flexibility index (Phi) is 4.87. The number of nitrogens with zero attached hydrogens (tertiary/aromatic N) is 6. The molecular weight excluding hydrogens is 390 g/mol. The number of primary amides is 1. The molecular formula is C23H21N7O. The molecule has 0 atom stereocenters. The number of fused-ring (bicyclic) bond motifs is 1. The number of anilines is 2. The second-order valence-corrected chi connectivity index (χ2v) is 7.34. The minimum atomic E-state index is -0.464. The number of nitrogens with two attached hydrogens (primary N) is 1. The molecule has 2 N–H and O–H groups in total. The first kappa shape index (κ1) is 18.9. The number of benzene rings is 1. The number of rotatable bonds is 4. The van der Waals surface area contributed by atoms with Gasteiger partial charge in [0.1, 0.15) is 11.6 Å². The van der Waals surface area contributed by atoms with Gasteiger partial charge < -0.3 is 15.5 Å². The summed E-state index contributed by atoms with van der Waals surface area (Å²) in [7, 11) is 0. The van der Waals surface area contributed by atoms with Crippen molar-refractivity contribution in [3.8, 4) is 11.4 Å². The molecule has 8 nitrogen and oxygen atoms in total. The number of para-hydroxylation sites is 1. The van der Waals surface area contributed by atoms with Crippen LogP contribution in [0.1, 0.15) is 10.4 Å². The summed E-state index contributed by atoms with van der Waals surface area (Å²) in [6, 6.07) is 15.3. The summed E-state index contributed by atoms with van der Waals surface area (Å²) in [5.41, 5.74) is 7.82. The molecule has 1 aromatic carbocycles. The summed E-state index contributed by atoms with van der Waals surface area (Å²) in [5, 5.41) is 1.02. The van der Waals surface area contributed by atoms with Crippen LogP contribution in [0.25, 0.3) is 22.3 Å². The standard InChI is InChI=1S/C23H21N7O/c24-20(31)18-5-3-9-26-22(18)29-12-14-30(15-13-29)23-17-4-1-2-6-19(17)27-21(28-23)16-7-10-25-11-8-16/h1-11H,12-15H2,(H2,24,31). The zero-order valence-corrected chi connectivity index (χ0v) is 16.8. The third-order valence-electron chi connectivity index (χ3n) is 5.45. The molecule has 3 aromatic heterocycles. The van der Waals surface area contributed by atoms with E-state index in [9.17, 15) is 4.79 Å². The fourth-order valence-electron chi connectivity index (χ4n) is 3.90. The van der Waals surface area contributed by atoms with Crippen LogP contribution in [0, 0.1) is 0 Å². The average molecular weight is 411 g/mol. The van der Waals surface area contributed by atoms with Crippen LogP contribution in [0.4, 0.5) is 11.6 Å². The zero-order valence-electron chi connectivity index (χ0n) is 16.8. The lowest BCUT2D eigenvalue weighted by atomic mass is 10.1. The van der Waals surface area contributed by atoms with E-state index in [0.717, 1.165) is 35.4 Å². The van der Waals surface area contributed by atoms with E-state index >= 15 is 0 Å². The zero-order chi connectivity index (χ0) is 21.2. The molecule has 1 aliphatic heterocycles. The highest BCUT2D eigenvalue weighted by atomic mass is 16.1.